The molecule has 1 aromatic rings. The standard InChI is InChI=1S/C8H12N2O2/c1-8(9,5-11)6-3-2-4-10-7(6)12/h2-4,11H,5,9H2,1H3,(H,10,12)/t8-/m0/s1. The Morgan fingerprint density at radius 2 is 2.42 bits per heavy atom. The van der Waals surface area contributed by atoms with Crippen molar-refractivity contribution in [1.29, 1.82) is 0 Å². The monoisotopic (exact) mass is 168 g/mol. The molecular weight excluding hydrogens is 156 g/mol. The van der Waals surface area contributed by atoms with Crippen molar-refractivity contribution in [2.24, 2.45) is 5.73 Å². The third-order valence-electron chi connectivity index (χ3n) is 1.76. The first-order chi connectivity index (χ1) is 5.58. The highest BCUT2D eigenvalue weighted by Gasteiger charge is 2.22. The number of aromatic amines is 1. The first kappa shape index (κ1) is 8.96. The Kier molecular flexibility index (Phi) is 2.30. The first-order valence-electron chi connectivity index (χ1n) is 3.66. The molecule has 0 bridgehead atoms. The van der Waals surface area contributed by atoms with E-state index in [0.717, 1.165) is 0 Å². The van der Waals surface area contributed by atoms with E-state index < -0.39 is 5.54 Å². The first-order valence-corrected chi connectivity index (χ1v) is 3.66. The fraction of sp³-hybridized carbons (Fsp3) is 0.375. The normalized spacial score (nSPS) is 15.6. The molecule has 0 aliphatic heterocycles. The van der Waals surface area contributed by atoms with Crippen molar-refractivity contribution in [1.82, 2.24) is 4.98 Å². The molecule has 0 amide bonds. The summed E-state index contributed by atoms with van der Waals surface area (Å²) in [6.45, 7) is 1.36. The molecule has 4 N–H and O–H groups in total. The largest absolute Gasteiger partial charge is 0.394 e. The van der Waals surface area contributed by atoms with E-state index in [1.165, 1.54) is 6.20 Å². The van der Waals surface area contributed by atoms with Crippen LogP contribution >= 0.6 is 0 Å². The lowest BCUT2D eigenvalue weighted by atomic mass is 9.96. The zero-order valence-electron chi connectivity index (χ0n) is 6.87. The zero-order chi connectivity index (χ0) is 9.19. The maximum Gasteiger partial charge on any atom is 0.253 e. The van der Waals surface area contributed by atoms with E-state index in [2.05, 4.69) is 4.98 Å². The highest BCUT2D eigenvalue weighted by atomic mass is 16.3. The summed E-state index contributed by atoms with van der Waals surface area (Å²) in [6, 6.07) is 3.28. The van der Waals surface area contributed by atoms with Gasteiger partial charge < -0.3 is 15.8 Å². The lowest BCUT2D eigenvalue weighted by molar-refractivity contribution is 0.209. The molecule has 0 spiro atoms. The molecule has 4 heteroatoms. The number of nitrogens with two attached hydrogens (primary N) is 1. The van der Waals surface area contributed by atoms with Crippen LogP contribution in [0.3, 0.4) is 0 Å². The van der Waals surface area contributed by atoms with E-state index in [-0.39, 0.29) is 12.2 Å². The Labute approximate surface area is 70.0 Å². The quantitative estimate of drug-likeness (QED) is 0.559. The Morgan fingerprint density at radius 1 is 1.75 bits per heavy atom. The van der Waals surface area contributed by atoms with Gasteiger partial charge in [0.2, 0.25) is 0 Å². The zero-order valence-corrected chi connectivity index (χ0v) is 6.87. The van der Waals surface area contributed by atoms with Crippen molar-refractivity contribution >= 4 is 0 Å². The number of aromatic nitrogens is 1. The van der Waals surface area contributed by atoms with Crippen molar-refractivity contribution in [2.75, 3.05) is 6.61 Å². The van der Waals surface area contributed by atoms with Gasteiger partial charge >= 0.3 is 0 Å². The third kappa shape index (κ3) is 1.54. The van der Waals surface area contributed by atoms with Crippen molar-refractivity contribution in [2.45, 2.75) is 12.5 Å². The molecule has 1 rings (SSSR count). The van der Waals surface area contributed by atoms with Gasteiger partial charge in [0.25, 0.3) is 5.56 Å². The fourth-order valence-corrected chi connectivity index (χ4v) is 0.956. The SMILES string of the molecule is C[C@](N)(CO)c1ccc[nH]c1=O. The lowest BCUT2D eigenvalue weighted by Gasteiger charge is -2.20. The highest BCUT2D eigenvalue weighted by Crippen LogP contribution is 2.10. The molecule has 1 aromatic heterocycles. The van der Waals surface area contributed by atoms with Gasteiger partial charge in [-0.2, -0.15) is 0 Å². The average Bonchev–Trinajstić information content (AvgIpc) is 2.05. The number of aliphatic hydroxyl groups excluding tert-OH is 1. The van der Waals surface area contributed by atoms with Crippen LogP contribution in [0.4, 0.5) is 0 Å². The van der Waals surface area contributed by atoms with Gasteiger partial charge in [0.15, 0.2) is 0 Å². The average molecular weight is 168 g/mol. The Bertz CT molecular complexity index is 317. The minimum absolute atomic E-state index is 0.250. The molecule has 0 saturated heterocycles. The number of nitrogens with one attached hydrogen (secondary N) is 1. The molecule has 0 aliphatic rings. The predicted octanol–water partition coefficient (Wildman–Crippen LogP) is -0.459. The number of pyridine rings is 1. The minimum Gasteiger partial charge on any atom is -0.394 e. The number of hydrogen-bond donors (Lipinski definition) is 3. The summed E-state index contributed by atoms with van der Waals surface area (Å²) in [7, 11) is 0. The Balaban J connectivity index is 3.20. The van der Waals surface area contributed by atoms with Gasteiger partial charge in [0.1, 0.15) is 0 Å². The molecule has 0 fully saturated rings. The van der Waals surface area contributed by atoms with E-state index in [1.807, 2.05) is 0 Å². The van der Waals surface area contributed by atoms with E-state index in [9.17, 15) is 4.79 Å². The molecule has 0 aliphatic carbocycles. The molecule has 66 valence electrons. The van der Waals surface area contributed by atoms with E-state index in [1.54, 1.807) is 19.1 Å². The van der Waals surface area contributed by atoms with Gasteiger partial charge in [-0.15, -0.1) is 0 Å². The second kappa shape index (κ2) is 3.08. The van der Waals surface area contributed by atoms with Crippen LogP contribution in [-0.4, -0.2) is 16.7 Å². The molecule has 0 radical (unpaired) electrons. The van der Waals surface area contributed by atoms with Crippen LogP contribution in [0.15, 0.2) is 23.1 Å². The van der Waals surface area contributed by atoms with Crippen LogP contribution in [0.1, 0.15) is 12.5 Å². The number of rotatable bonds is 2. The van der Waals surface area contributed by atoms with E-state index in [4.69, 9.17) is 10.8 Å². The van der Waals surface area contributed by atoms with Crippen molar-refractivity contribution in [3.63, 3.8) is 0 Å². The summed E-state index contributed by atoms with van der Waals surface area (Å²) in [6.07, 6.45) is 1.53. The second-order valence-corrected chi connectivity index (χ2v) is 2.99. The van der Waals surface area contributed by atoms with Crippen LogP contribution < -0.4 is 11.3 Å². The van der Waals surface area contributed by atoms with Crippen LogP contribution in [0, 0.1) is 0 Å². The van der Waals surface area contributed by atoms with E-state index >= 15 is 0 Å². The summed E-state index contributed by atoms with van der Waals surface area (Å²) in [5.74, 6) is 0. The topological polar surface area (TPSA) is 79.1 Å². The summed E-state index contributed by atoms with van der Waals surface area (Å²) in [5.41, 5.74) is 4.85. The van der Waals surface area contributed by atoms with Crippen molar-refractivity contribution < 1.29 is 5.11 Å². The Morgan fingerprint density at radius 3 is 2.92 bits per heavy atom. The van der Waals surface area contributed by atoms with Gasteiger partial charge in [0, 0.05) is 11.8 Å². The molecule has 12 heavy (non-hydrogen) atoms. The van der Waals surface area contributed by atoms with Crippen molar-refractivity contribution in [3.8, 4) is 0 Å². The maximum absolute atomic E-state index is 11.2. The molecule has 0 unspecified atom stereocenters. The molecule has 4 nitrogen and oxygen atoms in total. The molecule has 0 aromatic carbocycles. The smallest absolute Gasteiger partial charge is 0.253 e. The molecule has 0 saturated carbocycles. The molecular formula is C8H12N2O2. The predicted molar refractivity (Wildman–Crippen MR) is 45.7 cm³/mol. The molecule has 1 heterocycles. The van der Waals surface area contributed by atoms with Crippen LogP contribution in [-0.2, 0) is 5.54 Å². The van der Waals surface area contributed by atoms with Crippen LogP contribution in [0.25, 0.3) is 0 Å². The van der Waals surface area contributed by atoms with Gasteiger partial charge in [-0.3, -0.25) is 4.79 Å². The summed E-state index contributed by atoms with van der Waals surface area (Å²) in [5, 5.41) is 8.89. The third-order valence-corrected chi connectivity index (χ3v) is 1.76. The second-order valence-electron chi connectivity index (χ2n) is 2.99. The fourth-order valence-electron chi connectivity index (χ4n) is 0.956. The minimum atomic E-state index is -0.963. The van der Waals surface area contributed by atoms with Gasteiger partial charge in [-0.05, 0) is 13.0 Å². The number of H-pyrrole nitrogens is 1. The highest BCUT2D eigenvalue weighted by molar-refractivity contribution is 5.18. The summed E-state index contributed by atoms with van der Waals surface area (Å²) < 4.78 is 0. The van der Waals surface area contributed by atoms with Crippen molar-refractivity contribution in [3.05, 3.63) is 34.2 Å². The number of hydrogen-bond acceptors (Lipinski definition) is 3. The van der Waals surface area contributed by atoms with E-state index in [0.29, 0.717) is 5.56 Å². The van der Waals surface area contributed by atoms with Gasteiger partial charge in [-0.25, -0.2) is 0 Å². The number of aliphatic hydroxyl groups is 1. The van der Waals surface area contributed by atoms with Gasteiger partial charge in [0.05, 0.1) is 12.1 Å². The Hall–Kier alpha value is -1.13. The van der Waals surface area contributed by atoms with Crippen LogP contribution in [0.5, 0.6) is 0 Å². The van der Waals surface area contributed by atoms with Crippen LogP contribution in [0.2, 0.25) is 0 Å². The maximum atomic E-state index is 11.2. The lowest BCUT2D eigenvalue weighted by Crippen LogP contribution is -2.41. The molecule has 1 atom stereocenters. The summed E-state index contributed by atoms with van der Waals surface area (Å²) >= 11 is 0. The summed E-state index contributed by atoms with van der Waals surface area (Å²) in [4.78, 5) is 13.7. The van der Waals surface area contributed by atoms with Gasteiger partial charge in [-0.1, -0.05) is 6.07 Å².